The molecule has 206 valence electrons. The first kappa shape index (κ1) is 28.7. The van der Waals surface area contributed by atoms with Gasteiger partial charge in [-0.3, -0.25) is 14.4 Å². The molecule has 3 aromatic rings. The second-order valence-corrected chi connectivity index (χ2v) is 11.3. The Kier molecular flexibility index (Phi) is 10.1. The second kappa shape index (κ2) is 13.7. The molecule has 10 heteroatoms. The zero-order valence-electron chi connectivity index (χ0n) is 22.2. The first-order valence-electron chi connectivity index (χ1n) is 13.1. The van der Waals surface area contributed by atoms with Crippen molar-refractivity contribution in [3.63, 3.8) is 0 Å². The molecule has 0 saturated heterocycles. The van der Waals surface area contributed by atoms with Gasteiger partial charge in [0.2, 0.25) is 17.7 Å². The van der Waals surface area contributed by atoms with Crippen LogP contribution in [0, 0.1) is 0 Å². The molecule has 39 heavy (non-hydrogen) atoms. The number of hydrogen-bond acceptors (Lipinski definition) is 6. The lowest BCUT2D eigenvalue weighted by Gasteiger charge is -2.25. The van der Waals surface area contributed by atoms with Crippen molar-refractivity contribution in [3.05, 3.63) is 75.8 Å². The summed E-state index contributed by atoms with van der Waals surface area (Å²) in [5.41, 5.74) is 2.57. The van der Waals surface area contributed by atoms with Gasteiger partial charge in [0.1, 0.15) is 6.04 Å². The maximum Gasteiger partial charge on any atom is 0.248 e. The number of nitrogens with zero attached hydrogens (tertiary/aromatic N) is 2. The fourth-order valence-electron chi connectivity index (χ4n) is 4.48. The number of aromatic nitrogens is 1. The number of likely N-dealkylation sites (N-methyl/N-ethyl adjacent to an activating group) is 1. The van der Waals surface area contributed by atoms with Gasteiger partial charge in [-0.1, -0.05) is 54.9 Å². The predicted octanol–water partition coefficient (Wildman–Crippen LogP) is 3.49. The molecule has 0 fully saturated rings. The molecule has 2 aromatic carbocycles. The van der Waals surface area contributed by atoms with Crippen molar-refractivity contribution in [1.82, 2.24) is 25.8 Å². The fourth-order valence-corrected chi connectivity index (χ4v) is 5.76. The number of rotatable bonds is 11. The highest BCUT2D eigenvalue weighted by molar-refractivity contribution is 7.18. The quantitative estimate of drug-likeness (QED) is 0.329. The van der Waals surface area contributed by atoms with Crippen LogP contribution in [0.1, 0.15) is 30.3 Å². The summed E-state index contributed by atoms with van der Waals surface area (Å²) >= 11 is 7.58. The van der Waals surface area contributed by atoms with Gasteiger partial charge in [-0.05, 0) is 43.7 Å². The van der Waals surface area contributed by atoms with Crippen LogP contribution in [0.5, 0.6) is 0 Å². The number of amides is 3. The Bertz CT molecular complexity index is 1340. The van der Waals surface area contributed by atoms with Crippen molar-refractivity contribution < 1.29 is 14.4 Å². The summed E-state index contributed by atoms with van der Waals surface area (Å²) in [5, 5.41) is 10.3. The molecule has 2 atom stereocenters. The van der Waals surface area contributed by atoms with Gasteiger partial charge in [-0.2, -0.15) is 0 Å². The second-order valence-electron chi connectivity index (χ2n) is 9.76. The van der Waals surface area contributed by atoms with Gasteiger partial charge in [0.15, 0.2) is 0 Å². The van der Waals surface area contributed by atoms with Crippen LogP contribution in [-0.4, -0.2) is 66.4 Å². The molecular formula is C29H34ClN5O3S. The molecule has 0 aliphatic carbocycles. The number of benzene rings is 2. The van der Waals surface area contributed by atoms with Crippen molar-refractivity contribution >= 4 is 50.9 Å². The van der Waals surface area contributed by atoms with Gasteiger partial charge in [0.05, 0.1) is 21.3 Å². The Hall–Kier alpha value is -3.27. The Morgan fingerprint density at radius 2 is 1.90 bits per heavy atom. The molecule has 0 unspecified atom stereocenters. The molecule has 4 rings (SSSR count). The summed E-state index contributed by atoms with van der Waals surface area (Å²) in [4.78, 5) is 45.5. The number of fused-ring (bicyclic) bond motifs is 1. The van der Waals surface area contributed by atoms with E-state index in [1.165, 1.54) is 11.3 Å². The molecule has 0 bridgehead atoms. The normalized spacial score (nSPS) is 15.3. The lowest BCUT2D eigenvalue weighted by Crippen LogP contribution is -2.53. The summed E-state index contributed by atoms with van der Waals surface area (Å²) in [6, 6.07) is 14.1. The van der Waals surface area contributed by atoms with E-state index in [-0.39, 0.29) is 43.1 Å². The highest BCUT2D eigenvalue weighted by Gasteiger charge is 2.26. The molecule has 3 N–H and O–H groups in total. The van der Waals surface area contributed by atoms with Crippen LogP contribution in [0.15, 0.2) is 60.2 Å². The van der Waals surface area contributed by atoms with Crippen LogP contribution < -0.4 is 16.0 Å². The van der Waals surface area contributed by atoms with Crippen molar-refractivity contribution in [2.45, 2.75) is 44.7 Å². The molecule has 8 nitrogen and oxygen atoms in total. The Morgan fingerprint density at radius 3 is 2.64 bits per heavy atom. The lowest BCUT2D eigenvalue weighted by atomic mass is 10.0. The summed E-state index contributed by atoms with van der Waals surface area (Å²) < 4.78 is 0.922. The van der Waals surface area contributed by atoms with Crippen LogP contribution in [0.2, 0.25) is 5.02 Å². The summed E-state index contributed by atoms with van der Waals surface area (Å²) in [6.45, 7) is 3.53. The van der Waals surface area contributed by atoms with Gasteiger partial charge >= 0.3 is 0 Å². The Labute approximate surface area is 237 Å². The van der Waals surface area contributed by atoms with Crippen LogP contribution in [0.4, 0.5) is 0 Å². The highest BCUT2D eigenvalue weighted by Crippen LogP contribution is 2.26. The van der Waals surface area contributed by atoms with E-state index in [1.807, 2.05) is 55.6 Å². The minimum absolute atomic E-state index is 0.127. The fraction of sp³-hybridized carbons (Fsp3) is 0.379. The monoisotopic (exact) mass is 567 g/mol. The maximum atomic E-state index is 13.6. The van der Waals surface area contributed by atoms with E-state index >= 15 is 0 Å². The summed E-state index contributed by atoms with van der Waals surface area (Å²) in [7, 11) is 1.99. The highest BCUT2D eigenvalue weighted by atomic mass is 35.5. The largest absolute Gasteiger partial charge is 0.350 e. The van der Waals surface area contributed by atoms with Crippen LogP contribution in [0.25, 0.3) is 10.2 Å². The predicted molar refractivity (Wildman–Crippen MR) is 156 cm³/mol. The molecule has 3 amide bonds. The number of nitrogens with one attached hydrogen (secondary N) is 3. The van der Waals surface area contributed by atoms with Crippen LogP contribution in [0.3, 0.4) is 0 Å². The van der Waals surface area contributed by atoms with Gasteiger partial charge in [-0.15, -0.1) is 11.3 Å². The standard InChI is InChI=1S/C29H34ClN5O3S/c1-3-26(36)33-24(16-27-34-23-12-11-21(30)15-25(23)39-27)29(38)32-22(14-19-8-5-4-6-9-19)17-31-28(37)20-10-7-13-35(2)18-20/h4-6,8-12,15,22,24H,3,7,13-14,16-18H2,1-2H3,(H,31,37)(H,32,38)(H,33,36)/t22-,24-/m0/s1. The molecule has 0 spiro atoms. The first-order valence-corrected chi connectivity index (χ1v) is 14.3. The molecule has 0 saturated carbocycles. The van der Waals surface area contributed by atoms with Crippen molar-refractivity contribution in [1.29, 1.82) is 0 Å². The third-order valence-electron chi connectivity index (χ3n) is 6.56. The lowest BCUT2D eigenvalue weighted by molar-refractivity contribution is -0.129. The van der Waals surface area contributed by atoms with E-state index < -0.39 is 6.04 Å². The molecule has 1 aliphatic heterocycles. The summed E-state index contributed by atoms with van der Waals surface area (Å²) in [5.74, 6) is -0.667. The molecule has 0 radical (unpaired) electrons. The average Bonchev–Trinajstić information content (AvgIpc) is 3.33. The van der Waals surface area contributed by atoms with E-state index in [0.717, 1.165) is 39.3 Å². The number of halogens is 1. The van der Waals surface area contributed by atoms with Crippen LogP contribution >= 0.6 is 22.9 Å². The Balaban J connectivity index is 1.49. The van der Waals surface area contributed by atoms with Gasteiger partial charge in [-0.25, -0.2) is 4.98 Å². The topological polar surface area (TPSA) is 103 Å². The third-order valence-corrected chi connectivity index (χ3v) is 7.84. The summed E-state index contributed by atoms with van der Waals surface area (Å²) in [6.07, 6.45) is 3.84. The van der Waals surface area contributed by atoms with Crippen molar-refractivity contribution in [3.8, 4) is 0 Å². The van der Waals surface area contributed by atoms with E-state index in [4.69, 9.17) is 11.6 Å². The van der Waals surface area contributed by atoms with E-state index in [0.29, 0.717) is 18.0 Å². The zero-order chi connectivity index (χ0) is 27.8. The van der Waals surface area contributed by atoms with Gasteiger partial charge in [0.25, 0.3) is 0 Å². The van der Waals surface area contributed by atoms with E-state index in [1.54, 1.807) is 13.0 Å². The molecule has 1 aromatic heterocycles. The maximum absolute atomic E-state index is 13.6. The number of carbonyl (C=O) groups excluding carboxylic acids is 3. The molecular weight excluding hydrogens is 534 g/mol. The number of hydrogen-bond donors (Lipinski definition) is 3. The SMILES string of the molecule is CCC(=O)N[C@@H](Cc1nc2ccc(Cl)cc2s1)C(=O)N[C@H](CNC(=O)C1=CCCN(C)C1)Cc1ccccc1. The Morgan fingerprint density at radius 1 is 1.10 bits per heavy atom. The van der Waals surface area contributed by atoms with Crippen molar-refractivity contribution in [2.75, 3.05) is 26.7 Å². The van der Waals surface area contributed by atoms with Gasteiger partial charge < -0.3 is 20.9 Å². The van der Waals surface area contributed by atoms with E-state index in [2.05, 4.69) is 25.8 Å². The molecule has 1 aliphatic rings. The average molecular weight is 568 g/mol. The van der Waals surface area contributed by atoms with Crippen LogP contribution in [-0.2, 0) is 27.2 Å². The third kappa shape index (κ3) is 8.36. The zero-order valence-corrected chi connectivity index (χ0v) is 23.8. The minimum Gasteiger partial charge on any atom is -0.350 e. The first-order chi connectivity index (χ1) is 18.8. The van der Waals surface area contributed by atoms with E-state index in [9.17, 15) is 14.4 Å². The smallest absolute Gasteiger partial charge is 0.248 e. The van der Waals surface area contributed by atoms with Gasteiger partial charge in [0, 0.05) is 43.1 Å². The molecule has 2 heterocycles. The minimum atomic E-state index is -0.808. The number of thiazole rings is 1. The number of carbonyl (C=O) groups is 3. The van der Waals surface area contributed by atoms with Crippen molar-refractivity contribution in [2.24, 2.45) is 0 Å².